The van der Waals surface area contributed by atoms with Gasteiger partial charge in [-0.3, -0.25) is 0 Å². The molecule has 3 nitrogen and oxygen atoms in total. The highest BCUT2D eigenvalue weighted by Crippen LogP contribution is 2.33. The fourth-order valence-corrected chi connectivity index (χ4v) is 2.56. The molecule has 0 aromatic carbocycles. The van der Waals surface area contributed by atoms with Gasteiger partial charge < -0.3 is 15.2 Å². The Morgan fingerprint density at radius 3 is 2.53 bits per heavy atom. The quantitative estimate of drug-likeness (QED) is 0.719. The molecule has 1 fully saturated rings. The van der Waals surface area contributed by atoms with Gasteiger partial charge in [-0.15, -0.1) is 0 Å². The lowest BCUT2D eigenvalue weighted by atomic mass is 9.74. The van der Waals surface area contributed by atoms with Crippen molar-refractivity contribution in [2.45, 2.75) is 40.0 Å². The average Bonchev–Trinajstić information content (AvgIpc) is 2.36. The summed E-state index contributed by atoms with van der Waals surface area (Å²) in [5.41, 5.74) is 0.331. The van der Waals surface area contributed by atoms with Crippen LogP contribution in [-0.4, -0.2) is 38.0 Å². The first-order chi connectivity index (χ1) is 8.10. The van der Waals surface area contributed by atoms with Gasteiger partial charge in [-0.1, -0.05) is 20.8 Å². The summed E-state index contributed by atoms with van der Waals surface area (Å²) in [7, 11) is 0. The van der Waals surface area contributed by atoms with Gasteiger partial charge in [0, 0.05) is 32.9 Å². The number of aliphatic hydroxyl groups is 1. The van der Waals surface area contributed by atoms with Gasteiger partial charge in [0.1, 0.15) is 0 Å². The van der Waals surface area contributed by atoms with Gasteiger partial charge in [0.2, 0.25) is 0 Å². The topological polar surface area (TPSA) is 41.5 Å². The van der Waals surface area contributed by atoms with E-state index in [0.717, 1.165) is 38.6 Å². The first-order valence-electron chi connectivity index (χ1n) is 6.99. The smallest absolute Gasteiger partial charge is 0.0471 e. The van der Waals surface area contributed by atoms with Crippen molar-refractivity contribution in [3.8, 4) is 0 Å². The van der Waals surface area contributed by atoms with Gasteiger partial charge in [-0.05, 0) is 36.5 Å². The number of hydrogen-bond acceptors (Lipinski definition) is 3. The van der Waals surface area contributed by atoms with E-state index in [1.807, 2.05) is 0 Å². The first-order valence-corrected chi connectivity index (χ1v) is 6.99. The summed E-state index contributed by atoms with van der Waals surface area (Å²) in [5.74, 6) is 1.17. The Morgan fingerprint density at radius 1 is 1.35 bits per heavy atom. The third kappa shape index (κ3) is 4.94. The molecule has 102 valence electrons. The fourth-order valence-electron chi connectivity index (χ4n) is 2.56. The molecule has 1 aliphatic heterocycles. The summed E-state index contributed by atoms with van der Waals surface area (Å²) < 4.78 is 5.42. The van der Waals surface area contributed by atoms with E-state index in [0.29, 0.717) is 17.9 Å². The molecule has 0 spiro atoms. The van der Waals surface area contributed by atoms with E-state index in [9.17, 15) is 0 Å². The molecule has 1 aliphatic rings. The maximum absolute atomic E-state index is 9.15. The zero-order chi connectivity index (χ0) is 12.7. The number of nitrogens with one attached hydrogen (secondary N) is 1. The van der Waals surface area contributed by atoms with Crippen LogP contribution < -0.4 is 5.32 Å². The third-order valence-electron chi connectivity index (χ3n) is 4.18. The van der Waals surface area contributed by atoms with Crippen LogP contribution in [0.15, 0.2) is 0 Å². The Bertz CT molecular complexity index is 196. The molecule has 0 aromatic heterocycles. The molecule has 1 atom stereocenters. The van der Waals surface area contributed by atoms with Crippen molar-refractivity contribution in [3.63, 3.8) is 0 Å². The predicted octanol–water partition coefficient (Wildman–Crippen LogP) is 2.05. The molecule has 1 rings (SSSR count). The molecule has 1 saturated heterocycles. The molecular weight excluding hydrogens is 214 g/mol. The highest BCUT2D eigenvalue weighted by Gasteiger charge is 2.30. The Hall–Kier alpha value is -0.120. The molecule has 0 aliphatic carbocycles. The third-order valence-corrected chi connectivity index (χ3v) is 4.18. The molecule has 0 aromatic rings. The number of hydrogen-bond donors (Lipinski definition) is 2. The fraction of sp³-hybridized carbons (Fsp3) is 1.00. The molecule has 0 saturated carbocycles. The second-order valence-corrected chi connectivity index (χ2v) is 5.96. The summed E-state index contributed by atoms with van der Waals surface area (Å²) in [6.45, 7) is 10.9. The van der Waals surface area contributed by atoms with Crippen molar-refractivity contribution in [2.24, 2.45) is 17.3 Å². The van der Waals surface area contributed by atoms with Gasteiger partial charge in [0.15, 0.2) is 0 Å². The summed E-state index contributed by atoms with van der Waals surface area (Å²) >= 11 is 0. The zero-order valence-electron chi connectivity index (χ0n) is 11.7. The predicted molar refractivity (Wildman–Crippen MR) is 71.1 cm³/mol. The van der Waals surface area contributed by atoms with Crippen LogP contribution in [0.5, 0.6) is 0 Å². The van der Waals surface area contributed by atoms with Crippen LogP contribution in [0.25, 0.3) is 0 Å². The Labute approximate surface area is 106 Å². The van der Waals surface area contributed by atoms with E-state index in [1.165, 1.54) is 12.8 Å². The number of rotatable bonds is 7. The molecular formula is C14H29NO2. The summed E-state index contributed by atoms with van der Waals surface area (Å²) in [6, 6.07) is 0. The van der Waals surface area contributed by atoms with Crippen LogP contribution in [0.4, 0.5) is 0 Å². The average molecular weight is 243 g/mol. The molecule has 0 radical (unpaired) electrons. The summed E-state index contributed by atoms with van der Waals surface area (Å²) in [4.78, 5) is 0. The minimum absolute atomic E-state index is 0.293. The zero-order valence-corrected chi connectivity index (χ0v) is 11.7. The maximum Gasteiger partial charge on any atom is 0.0471 e. The van der Waals surface area contributed by atoms with Crippen LogP contribution >= 0.6 is 0 Å². The van der Waals surface area contributed by atoms with Crippen LogP contribution in [0.3, 0.4) is 0 Å². The highest BCUT2D eigenvalue weighted by atomic mass is 16.5. The molecule has 0 bridgehead atoms. The van der Waals surface area contributed by atoms with Crippen LogP contribution in [-0.2, 0) is 4.74 Å². The molecule has 1 heterocycles. The van der Waals surface area contributed by atoms with Crippen molar-refractivity contribution in [3.05, 3.63) is 0 Å². The molecule has 17 heavy (non-hydrogen) atoms. The molecule has 1 unspecified atom stereocenters. The van der Waals surface area contributed by atoms with E-state index in [4.69, 9.17) is 9.84 Å². The second kappa shape index (κ2) is 7.34. The highest BCUT2D eigenvalue weighted by molar-refractivity contribution is 4.82. The lowest BCUT2D eigenvalue weighted by Crippen LogP contribution is -2.40. The lowest BCUT2D eigenvalue weighted by molar-refractivity contribution is 0.0223. The van der Waals surface area contributed by atoms with Crippen molar-refractivity contribution >= 4 is 0 Å². The summed E-state index contributed by atoms with van der Waals surface area (Å²) in [5, 5.41) is 12.7. The molecule has 2 N–H and O–H groups in total. The van der Waals surface area contributed by atoms with Crippen LogP contribution in [0.2, 0.25) is 0 Å². The van der Waals surface area contributed by atoms with Crippen molar-refractivity contribution < 1.29 is 9.84 Å². The van der Waals surface area contributed by atoms with E-state index < -0.39 is 0 Å². The first kappa shape index (κ1) is 14.9. The lowest BCUT2D eigenvalue weighted by Gasteiger charge is -2.37. The van der Waals surface area contributed by atoms with Gasteiger partial charge >= 0.3 is 0 Å². The standard InChI is InChI=1S/C14H29NO2/c1-4-12(10-16)9-15-11-14(2,3)13-5-7-17-8-6-13/h12-13,15-16H,4-11H2,1-3H3. The van der Waals surface area contributed by atoms with E-state index >= 15 is 0 Å². The normalized spacial score (nSPS) is 20.5. The Balaban J connectivity index is 2.27. The maximum atomic E-state index is 9.15. The van der Waals surface area contributed by atoms with Crippen molar-refractivity contribution in [2.75, 3.05) is 32.9 Å². The van der Waals surface area contributed by atoms with Crippen LogP contribution in [0.1, 0.15) is 40.0 Å². The Morgan fingerprint density at radius 2 is 2.00 bits per heavy atom. The van der Waals surface area contributed by atoms with E-state index in [1.54, 1.807) is 0 Å². The second-order valence-electron chi connectivity index (χ2n) is 5.96. The largest absolute Gasteiger partial charge is 0.396 e. The summed E-state index contributed by atoms with van der Waals surface area (Å²) in [6.07, 6.45) is 3.42. The van der Waals surface area contributed by atoms with Gasteiger partial charge in [-0.2, -0.15) is 0 Å². The van der Waals surface area contributed by atoms with Gasteiger partial charge in [0.25, 0.3) is 0 Å². The van der Waals surface area contributed by atoms with E-state index in [2.05, 4.69) is 26.1 Å². The minimum atomic E-state index is 0.293. The minimum Gasteiger partial charge on any atom is -0.396 e. The number of aliphatic hydroxyl groups excluding tert-OH is 1. The number of ether oxygens (including phenoxy) is 1. The molecule has 3 heteroatoms. The van der Waals surface area contributed by atoms with Gasteiger partial charge in [-0.25, -0.2) is 0 Å². The Kier molecular flexibility index (Phi) is 6.45. The monoisotopic (exact) mass is 243 g/mol. The van der Waals surface area contributed by atoms with E-state index in [-0.39, 0.29) is 0 Å². The SMILES string of the molecule is CCC(CO)CNCC(C)(C)C1CCOCC1. The van der Waals surface area contributed by atoms with Crippen molar-refractivity contribution in [1.29, 1.82) is 0 Å². The van der Waals surface area contributed by atoms with Gasteiger partial charge in [0.05, 0.1) is 0 Å². The van der Waals surface area contributed by atoms with Crippen LogP contribution in [0, 0.1) is 17.3 Å². The van der Waals surface area contributed by atoms with Crippen molar-refractivity contribution in [1.82, 2.24) is 5.32 Å². The molecule has 0 amide bonds.